The first kappa shape index (κ1) is 14.2. The van der Waals surface area contributed by atoms with Gasteiger partial charge in [0.1, 0.15) is 0 Å². The third kappa shape index (κ3) is 2.96. The zero-order valence-corrected chi connectivity index (χ0v) is 12.3. The summed E-state index contributed by atoms with van der Waals surface area (Å²) in [4.78, 5) is 27.9. The molecule has 2 heterocycles. The first-order valence-electron chi connectivity index (χ1n) is 6.58. The maximum atomic E-state index is 12.2. The zero-order chi connectivity index (χ0) is 15.5. The summed E-state index contributed by atoms with van der Waals surface area (Å²) in [6.45, 7) is 0. The molecule has 0 spiro atoms. The van der Waals surface area contributed by atoms with Crippen LogP contribution in [0.4, 0.5) is 0 Å². The number of hydrogen-bond donors (Lipinski definition) is 1. The van der Waals surface area contributed by atoms with Crippen LogP contribution in [-0.4, -0.2) is 20.5 Å². The van der Waals surface area contributed by atoms with E-state index in [0.717, 1.165) is 5.56 Å². The number of benzene rings is 1. The highest BCUT2D eigenvalue weighted by Gasteiger charge is 2.10. The number of carboxylic acids is 1. The number of thiazole rings is 1. The van der Waals surface area contributed by atoms with Gasteiger partial charge in [0, 0.05) is 17.1 Å². The van der Waals surface area contributed by atoms with Crippen LogP contribution < -0.4 is 5.56 Å². The van der Waals surface area contributed by atoms with Crippen molar-refractivity contribution in [3.63, 3.8) is 0 Å². The number of carbonyl (C=O) groups is 1. The van der Waals surface area contributed by atoms with Crippen molar-refractivity contribution >= 4 is 34.4 Å². The van der Waals surface area contributed by atoms with Gasteiger partial charge in [0.15, 0.2) is 4.96 Å². The Kier molecular flexibility index (Phi) is 3.84. The summed E-state index contributed by atoms with van der Waals surface area (Å²) in [5, 5.41) is 10.5. The molecule has 0 saturated carbocycles. The van der Waals surface area contributed by atoms with Crippen molar-refractivity contribution in [3.05, 3.63) is 69.1 Å². The first-order valence-corrected chi connectivity index (χ1v) is 7.46. The summed E-state index contributed by atoms with van der Waals surface area (Å²) in [7, 11) is 0. The molecule has 0 radical (unpaired) electrons. The zero-order valence-electron chi connectivity index (χ0n) is 11.5. The molecule has 0 saturated heterocycles. The lowest BCUT2D eigenvalue weighted by molar-refractivity contribution is -0.136. The van der Waals surface area contributed by atoms with Gasteiger partial charge in [-0.25, -0.2) is 4.98 Å². The molecule has 3 aromatic rings. The van der Waals surface area contributed by atoms with Crippen molar-refractivity contribution in [2.75, 3.05) is 0 Å². The predicted molar refractivity (Wildman–Crippen MR) is 86.0 cm³/mol. The van der Waals surface area contributed by atoms with Gasteiger partial charge in [-0.3, -0.25) is 14.0 Å². The molecule has 5 nitrogen and oxygen atoms in total. The minimum Gasteiger partial charge on any atom is -0.481 e. The lowest BCUT2D eigenvalue weighted by Crippen LogP contribution is -2.17. The summed E-state index contributed by atoms with van der Waals surface area (Å²) in [6.07, 6.45) is 3.46. The fourth-order valence-electron chi connectivity index (χ4n) is 2.10. The highest BCUT2D eigenvalue weighted by atomic mass is 32.1. The summed E-state index contributed by atoms with van der Waals surface area (Å²) in [5.74, 6) is -0.973. The maximum absolute atomic E-state index is 12.2. The molecule has 0 atom stereocenters. The Morgan fingerprint density at radius 2 is 2.05 bits per heavy atom. The largest absolute Gasteiger partial charge is 0.481 e. The Balaban J connectivity index is 1.98. The molecule has 6 heteroatoms. The lowest BCUT2D eigenvalue weighted by atomic mass is 10.2. The number of aromatic nitrogens is 2. The van der Waals surface area contributed by atoms with Crippen LogP contribution >= 0.6 is 11.3 Å². The van der Waals surface area contributed by atoms with Crippen LogP contribution in [0.25, 0.3) is 17.1 Å². The van der Waals surface area contributed by atoms with Gasteiger partial charge in [-0.15, -0.1) is 11.3 Å². The summed E-state index contributed by atoms with van der Waals surface area (Å²) in [6, 6.07) is 11.1. The van der Waals surface area contributed by atoms with Crippen molar-refractivity contribution in [1.29, 1.82) is 0 Å². The van der Waals surface area contributed by atoms with Gasteiger partial charge in [-0.05, 0) is 11.6 Å². The Bertz CT molecular complexity index is 910. The Morgan fingerprint density at radius 1 is 1.27 bits per heavy atom. The van der Waals surface area contributed by atoms with Gasteiger partial charge < -0.3 is 5.11 Å². The van der Waals surface area contributed by atoms with Crippen LogP contribution in [0, 0.1) is 0 Å². The van der Waals surface area contributed by atoms with Crippen LogP contribution in [0.2, 0.25) is 0 Å². The first-order chi connectivity index (χ1) is 10.6. The van der Waals surface area contributed by atoms with E-state index < -0.39 is 5.97 Å². The van der Waals surface area contributed by atoms with Crippen molar-refractivity contribution in [3.8, 4) is 0 Å². The smallest absolute Gasteiger partial charge is 0.309 e. The van der Waals surface area contributed by atoms with Gasteiger partial charge in [0.05, 0.1) is 12.1 Å². The van der Waals surface area contributed by atoms with Crippen LogP contribution in [-0.2, 0) is 11.2 Å². The highest BCUT2D eigenvalue weighted by molar-refractivity contribution is 7.15. The Hall–Kier alpha value is -2.73. The van der Waals surface area contributed by atoms with E-state index in [2.05, 4.69) is 4.98 Å². The fourth-order valence-corrected chi connectivity index (χ4v) is 3.00. The van der Waals surface area contributed by atoms with E-state index in [0.29, 0.717) is 16.3 Å². The Morgan fingerprint density at radius 3 is 2.77 bits per heavy atom. The fraction of sp³-hybridized carbons (Fsp3) is 0.0625. The molecule has 0 amide bonds. The van der Waals surface area contributed by atoms with E-state index in [4.69, 9.17) is 5.11 Å². The second-order valence-corrected chi connectivity index (χ2v) is 5.52. The molecule has 3 rings (SSSR count). The number of nitrogens with zero attached hydrogens (tertiary/aromatic N) is 2. The average Bonchev–Trinajstić information content (AvgIpc) is 2.89. The molecule has 0 bridgehead atoms. The molecule has 0 aliphatic carbocycles. The van der Waals surface area contributed by atoms with E-state index in [1.807, 2.05) is 36.4 Å². The van der Waals surface area contributed by atoms with Gasteiger partial charge in [0.25, 0.3) is 5.56 Å². The van der Waals surface area contributed by atoms with E-state index in [-0.39, 0.29) is 12.0 Å². The second-order valence-electron chi connectivity index (χ2n) is 4.68. The summed E-state index contributed by atoms with van der Waals surface area (Å²) in [5.41, 5.74) is 1.75. The third-order valence-electron chi connectivity index (χ3n) is 3.07. The molecular formula is C16H12N2O3S. The number of rotatable bonds is 4. The SMILES string of the molecule is O=C(O)Cc1csc2nc(/C=C/c3ccccc3)cc(=O)n12. The summed E-state index contributed by atoms with van der Waals surface area (Å²) >= 11 is 1.26. The minimum atomic E-state index is -0.973. The monoisotopic (exact) mass is 312 g/mol. The third-order valence-corrected chi connectivity index (χ3v) is 3.95. The molecule has 0 aliphatic rings. The molecule has 22 heavy (non-hydrogen) atoms. The molecule has 0 fully saturated rings. The number of carboxylic acid groups (broad SMARTS) is 1. The quantitative estimate of drug-likeness (QED) is 0.803. The molecule has 0 unspecified atom stereocenters. The normalized spacial score (nSPS) is 11.3. The number of fused-ring (bicyclic) bond motifs is 1. The number of aliphatic carboxylic acids is 1. The van der Waals surface area contributed by atoms with Crippen LogP contribution in [0.3, 0.4) is 0 Å². The van der Waals surface area contributed by atoms with E-state index in [1.54, 1.807) is 11.5 Å². The Labute approximate surface area is 129 Å². The van der Waals surface area contributed by atoms with Crippen LogP contribution in [0.15, 0.2) is 46.6 Å². The summed E-state index contributed by atoms with van der Waals surface area (Å²) < 4.78 is 1.35. The molecule has 1 N–H and O–H groups in total. The molecule has 1 aromatic carbocycles. The molecule has 110 valence electrons. The van der Waals surface area contributed by atoms with Crippen molar-refractivity contribution in [2.24, 2.45) is 0 Å². The standard InChI is InChI=1S/C16H12N2O3S/c19-14-8-12(7-6-11-4-2-1-3-5-11)17-16-18(14)13(10-22-16)9-15(20)21/h1-8,10H,9H2,(H,20,21)/b7-6+. The molecule has 0 aliphatic heterocycles. The van der Waals surface area contributed by atoms with Crippen molar-refractivity contribution in [2.45, 2.75) is 6.42 Å². The van der Waals surface area contributed by atoms with Crippen LogP contribution in [0.1, 0.15) is 17.0 Å². The average molecular weight is 312 g/mol. The number of hydrogen-bond acceptors (Lipinski definition) is 4. The molecular weight excluding hydrogens is 300 g/mol. The van der Waals surface area contributed by atoms with Gasteiger partial charge >= 0.3 is 5.97 Å². The highest BCUT2D eigenvalue weighted by Crippen LogP contribution is 2.14. The van der Waals surface area contributed by atoms with Gasteiger partial charge in [-0.2, -0.15) is 0 Å². The topological polar surface area (TPSA) is 71.7 Å². The van der Waals surface area contributed by atoms with Gasteiger partial charge in [-0.1, -0.05) is 36.4 Å². The van der Waals surface area contributed by atoms with E-state index in [9.17, 15) is 9.59 Å². The van der Waals surface area contributed by atoms with Crippen molar-refractivity contribution in [1.82, 2.24) is 9.38 Å². The van der Waals surface area contributed by atoms with Gasteiger partial charge in [0.2, 0.25) is 0 Å². The lowest BCUT2D eigenvalue weighted by Gasteiger charge is -1.99. The second kappa shape index (κ2) is 5.95. The van der Waals surface area contributed by atoms with E-state index >= 15 is 0 Å². The maximum Gasteiger partial charge on any atom is 0.309 e. The van der Waals surface area contributed by atoms with Crippen LogP contribution in [0.5, 0.6) is 0 Å². The predicted octanol–water partition coefficient (Wildman–Crippen LogP) is 2.55. The minimum absolute atomic E-state index is 0.194. The molecule has 2 aromatic heterocycles. The van der Waals surface area contributed by atoms with E-state index in [1.165, 1.54) is 21.8 Å². The van der Waals surface area contributed by atoms with Crippen molar-refractivity contribution < 1.29 is 9.90 Å².